The van der Waals surface area contributed by atoms with Crippen LogP contribution in [0.2, 0.25) is 0 Å². The van der Waals surface area contributed by atoms with E-state index in [0.717, 1.165) is 43.1 Å². The van der Waals surface area contributed by atoms with Gasteiger partial charge in [0.1, 0.15) is 5.52 Å². The van der Waals surface area contributed by atoms with E-state index < -0.39 is 6.10 Å². The highest BCUT2D eigenvalue weighted by Gasteiger charge is 2.19. The molecule has 3 rings (SSSR count). The lowest BCUT2D eigenvalue weighted by Crippen LogP contribution is -2.29. The van der Waals surface area contributed by atoms with E-state index in [9.17, 15) is 5.11 Å². The zero-order valence-electron chi connectivity index (χ0n) is 15.9. The second-order valence-electron chi connectivity index (χ2n) is 7.66. The van der Waals surface area contributed by atoms with Crippen molar-refractivity contribution in [2.24, 2.45) is 11.7 Å². The first-order valence-corrected chi connectivity index (χ1v) is 9.54. The van der Waals surface area contributed by atoms with E-state index in [1.54, 1.807) is 13.1 Å². The van der Waals surface area contributed by atoms with Gasteiger partial charge >= 0.3 is 0 Å². The minimum atomic E-state index is -0.636. The molecule has 0 aromatic carbocycles. The number of aliphatic hydroxyl groups is 1. The Balaban J connectivity index is 1.81. The van der Waals surface area contributed by atoms with Crippen LogP contribution in [0.1, 0.15) is 58.3 Å². The monoisotopic (exact) mass is 358 g/mol. The molecule has 1 saturated carbocycles. The van der Waals surface area contributed by atoms with E-state index in [4.69, 9.17) is 5.73 Å². The molecule has 0 saturated heterocycles. The van der Waals surface area contributed by atoms with Gasteiger partial charge in [0.2, 0.25) is 5.95 Å². The zero-order valence-corrected chi connectivity index (χ0v) is 15.9. The van der Waals surface area contributed by atoms with Gasteiger partial charge in [-0.3, -0.25) is 0 Å². The molecule has 0 radical (unpaired) electrons. The van der Waals surface area contributed by atoms with Gasteiger partial charge in [-0.2, -0.15) is 0 Å². The van der Waals surface area contributed by atoms with Crippen molar-refractivity contribution in [1.29, 1.82) is 0 Å². The molecule has 7 heteroatoms. The molecule has 0 spiro atoms. The molecule has 0 unspecified atom stereocenters. The first kappa shape index (κ1) is 18.8. The van der Waals surface area contributed by atoms with Crippen molar-refractivity contribution in [1.82, 2.24) is 15.0 Å². The minimum Gasteiger partial charge on any atom is -0.387 e. The van der Waals surface area contributed by atoms with E-state index in [1.807, 2.05) is 6.07 Å². The van der Waals surface area contributed by atoms with Gasteiger partial charge in [0.05, 0.1) is 11.8 Å². The molecule has 7 nitrogen and oxygen atoms in total. The number of pyridine rings is 1. The number of aromatic nitrogens is 3. The highest BCUT2D eigenvalue weighted by Crippen LogP contribution is 2.26. The topological polar surface area (TPSA) is 109 Å². The summed E-state index contributed by atoms with van der Waals surface area (Å²) in [5.41, 5.74) is 7.36. The minimum absolute atomic E-state index is 0.216. The predicted octanol–water partition coefficient (Wildman–Crippen LogP) is 2.83. The van der Waals surface area contributed by atoms with Crippen molar-refractivity contribution in [2.75, 3.05) is 17.2 Å². The lowest BCUT2D eigenvalue weighted by atomic mass is 9.86. The molecule has 0 bridgehead atoms. The van der Waals surface area contributed by atoms with Gasteiger partial charge in [-0.25, -0.2) is 15.0 Å². The van der Waals surface area contributed by atoms with Crippen LogP contribution in [0.3, 0.4) is 0 Å². The largest absolute Gasteiger partial charge is 0.387 e. The molecule has 2 heterocycles. The number of nitrogens with zero attached hydrogens (tertiary/aromatic N) is 3. The van der Waals surface area contributed by atoms with Crippen LogP contribution < -0.4 is 16.4 Å². The summed E-state index contributed by atoms with van der Waals surface area (Å²) in [5, 5.41) is 17.5. The zero-order chi connectivity index (χ0) is 18.7. The molecule has 2 aromatic heterocycles. The van der Waals surface area contributed by atoms with Crippen LogP contribution in [0.5, 0.6) is 0 Å². The summed E-state index contributed by atoms with van der Waals surface area (Å²) in [6, 6.07) is 2.42. The maximum atomic E-state index is 9.89. The Kier molecular flexibility index (Phi) is 5.88. The second-order valence-corrected chi connectivity index (χ2v) is 7.66. The van der Waals surface area contributed by atoms with E-state index in [2.05, 4.69) is 39.4 Å². The van der Waals surface area contributed by atoms with Gasteiger partial charge in [0.15, 0.2) is 5.82 Å². The number of anilines is 2. The van der Waals surface area contributed by atoms with Crippen molar-refractivity contribution in [3.63, 3.8) is 0 Å². The Morgan fingerprint density at radius 1 is 1.19 bits per heavy atom. The van der Waals surface area contributed by atoms with Crippen LogP contribution in [0.25, 0.3) is 10.9 Å². The van der Waals surface area contributed by atoms with Gasteiger partial charge in [0.25, 0.3) is 0 Å². The Morgan fingerprint density at radius 2 is 1.92 bits per heavy atom. The number of aliphatic hydroxyl groups excluding tert-OH is 1. The fraction of sp³-hybridized carbons (Fsp3) is 0.632. The Labute approximate surface area is 154 Å². The highest BCUT2D eigenvalue weighted by atomic mass is 16.3. The third-order valence-corrected chi connectivity index (χ3v) is 4.88. The van der Waals surface area contributed by atoms with Crippen LogP contribution in [0, 0.1) is 5.92 Å². The maximum absolute atomic E-state index is 9.89. The van der Waals surface area contributed by atoms with Crippen molar-refractivity contribution in [3.8, 4) is 0 Å². The molecule has 142 valence electrons. The molecule has 0 amide bonds. The number of nitrogens with two attached hydrogens (primary N) is 1. The number of nitrogens with one attached hydrogen (secondary N) is 2. The summed E-state index contributed by atoms with van der Waals surface area (Å²) in [7, 11) is 0. The van der Waals surface area contributed by atoms with Gasteiger partial charge in [-0.05, 0) is 58.4 Å². The van der Waals surface area contributed by atoms with Crippen molar-refractivity contribution < 1.29 is 5.11 Å². The van der Waals surface area contributed by atoms with Crippen molar-refractivity contribution >= 4 is 22.7 Å². The van der Waals surface area contributed by atoms with Crippen LogP contribution >= 0.6 is 0 Å². The standard InChI is InChI=1S/C19H30N6O/c1-11(2)23-18-17-14(8-16(24-18)12(3)26)10-22-19(25-17)21-9-13-4-6-15(20)7-5-13/h8,10-13,15,26H,4-7,9,20H2,1-3H3,(H,23,24)(H,21,22,25)/t12-,13?,15?/m1/s1. The summed E-state index contributed by atoms with van der Waals surface area (Å²) >= 11 is 0. The molecule has 1 aliphatic carbocycles. The molecule has 26 heavy (non-hydrogen) atoms. The van der Waals surface area contributed by atoms with Gasteiger partial charge in [0, 0.05) is 30.2 Å². The molecule has 0 aliphatic heterocycles. The molecular formula is C19H30N6O. The highest BCUT2D eigenvalue weighted by molar-refractivity contribution is 5.88. The summed E-state index contributed by atoms with van der Waals surface area (Å²) in [5.74, 6) is 1.92. The Hall–Kier alpha value is -1.99. The average molecular weight is 358 g/mol. The molecule has 1 aliphatic rings. The number of fused-ring (bicyclic) bond motifs is 1. The van der Waals surface area contributed by atoms with Crippen LogP contribution in [0.4, 0.5) is 11.8 Å². The first-order chi connectivity index (χ1) is 12.4. The first-order valence-electron chi connectivity index (χ1n) is 9.54. The van der Waals surface area contributed by atoms with Gasteiger partial charge < -0.3 is 21.5 Å². The molecule has 1 fully saturated rings. The smallest absolute Gasteiger partial charge is 0.223 e. The second kappa shape index (κ2) is 8.14. The summed E-state index contributed by atoms with van der Waals surface area (Å²) in [6.45, 7) is 6.68. The summed E-state index contributed by atoms with van der Waals surface area (Å²) < 4.78 is 0. The van der Waals surface area contributed by atoms with E-state index in [-0.39, 0.29) is 6.04 Å². The fourth-order valence-electron chi connectivity index (χ4n) is 3.36. The maximum Gasteiger partial charge on any atom is 0.223 e. The Morgan fingerprint density at radius 3 is 2.58 bits per heavy atom. The van der Waals surface area contributed by atoms with E-state index >= 15 is 0 Å². The third-order valence-electron chi connectivity index (χ3n) is 4.88. The van der Waals surface area contributed by atoms with E-state index in [0.29, 0.717) is 29.4 Å². The third kappa shape index (κ3) is 4.59. The summed E-state index contributed by atoms with van der Waals surface area (Å²) in [6.07, 6.45) is 5.66. The van der Waals surface area contributed by atoms with Crippen LogP contribution in [-0.2, 0) is 0 Å². The quantitative estimate of drug-likeness (QED) is 0.628. The Bertz CT molecular complexity index is 740. The number of rotatable bonds is 6. The lowest BCUT2D eigenvalue weighted by molar-refractivity contribution is 0.194. The molecule has 2 aromatic rings. The lowest BCUT2D eigenvalue weighted by Gasteiger charge is -2.26. The normalized spacial score (nSPS) is 21.8. The number of hydrogen-bond donors (Lipinski definition) is 4. The van der Waals surface area contributed by atoms with Gasteiger partial charge in [-0.15, -0.1) is 0 Å². The van der Waals surface area contributed by atoms with Crippen molar-refractivity contribution in [3.05, 3.63) is 18.0 Å². The van der Waals surface area contributed by atoms with Gasteiger partial charge in [-0.1, -0.05) is 0 Å². The summed E-state index contributed by atoms with van der Waals surface area (Å²) in [4.78, 5) is 13.7. The average Bonchev–Trinajstić information content (AvgIpc) is 2.60. The SMILES string of the molecule is CC(C)Nc1nc([C@@H](C)O)cc2cnc(NCC3CCC(N)CC3)nc12. The molecule has 1 atom stereocenters. The number of hydrogen-bond acceptors (Lipinski definition) is 7. The fourth-order valence-corrected chi connectivity index (χ4v) is 3.36. The molecular weight excluding hydrogens is 328 g/mol. The van der Waals surface area contributed by atoms with E-state index in [1.165, 1.54) is 0 Å². The van der Waals surface area contributed by atoms with Crippen molar-refractivity contribution in [2.45, 2.75) is 64.6 Å². The predicted molar refractivity (Wildman–Crippen MR) is 105 cm³/mol. The molecule has 5 N–H and O–H groups in total. The van der Waals surface area contributed by atoms with Crippen LogP contribution in [0.15, 0.2) is 12.3 Å². The van der Waals surface area contributed by atoms with Crippen LogP contribution in [-0.4, -0.2) is 38.7 Å².